The van der Waals surface area contributed by atoms with Crippen LogP contribution in [-0.4, -0.2) is 4.98 Å². The number of aromatic amines is 1. The molecule has 74 valence electrons. The van der Waals surface area contributed by atoms with Gasteiger partial charge in [-0.05, 0) is 25.0 Å². The molecule has 14 heavy (non-hydrogen) atoms. The SMILES string of the molecule is CCCCC[n+]1c[nH]c2ccccc21. The van der Waals surface area contributed by atoms with Crippen molar-refractivity contribution in [3.63, 3.8) is 0 Å². The third-order valence-corrected chi connectivity index (χ3v) is 2.59. The molecule has 2 rings (SSSR count). The first-order valence-corrected chi connectivity index (χ1v) is 5.37. The van der Waals surface area contributed by atoms with E-state index < -0.39 is 0 Å². The molecule has 0 spiro atoms. The second kappa shape index (κ2) is 4.27. The van der Waals surface area contributed by atoms with Crippen LogP contribution >= 0.6 is 0 Å². The summed E-state index contributed by atoms with van der Waals surface area (Å²) in [7, 11) is 0. The van der Waals surface area contributed by atoms with E-state index in [1.54, 1.807) is 0 Å². The fraction of sp³-hybridized carbons (Fsp3) is 0.417. The van der Waals surface area contributed by atoms with Crippen molar-refractivity contribution in [2.45, 2.75) is 32.7 Å². The van der Waals surface area contributed by atoms with E-state index in [1.807, 2.05) is 0 Å². The maximum absolute atomic E-state index is 3.28. The van der Waals surface area contributed by atoms with Crippen molar-refractivity contribution in [3.05, 3.63) is 30.6 Å². The number of hydrogen-bond donors (Lipinski definition) is 1. The smallest absolute Gasteiger partial charge is 0.242 e. The molecule has 1 aromatic heterocycles. The zero-order chi connectivity index (χ0) is 9.80. The summed E-state index contributed by atoms with van der Waals surface area (Å²) < 4.78 is 2.30. The molecule has 0 fully saturated rings. The topological polar surface area (TPSA) is 19.7 Å². The highest BCUT2D eigenvalue weighted by atomic mass is 15.0. The highest BCUT2D eigenvalue weighted by Crippen LogP contribution is 2.06. The zero-order valence-corrected chi connectivity index (χ0v) is 8.66. The molecule has 1 heterocycles. The summed E-state index contributed by atoms with van der Waals surface area (Å²) in [6, 6.07) is 8.44. The number of fused-ring (bicyclic) bond motifs is 1. The van der Waals surface area contributed by atoms with Crippen molar-refractivity contribution in [1.29, 1.82) is 0 Å². The highest BCUT2D eigenvalue weighted by Gasteiger charge is 2.06. The van der Waals surface area contributed by atoms with Gasteiger partial charge in [0.25, 0.3) is 0 Å². The average molecular weight is 189 g/mol. The molecule has 2 nitrogen and oxygen atoms in total. The Morgan fingerprint density at radius 3 is 2.93 bits per heavy atom. The molecule has 1 N–H and O–H groups in total. The fourth-order valence-electron chi connectivity index (χ4n) is 1.78. The molecule has 0 aliphatic rings. The van der Waals surface area contributed by atoms with Crippen molar-refractivity contribution >= 4 is 11.0 Å². The lowest BCUT2D eigenvalue weighted by atomic mass is 10.2. The van der Waals surface area contributed by atoms with Crippen molar-refractivity contribution in [2.75, 3.05) is 0 Å². The van der Waals surface area contributed by atoms with Crippen LogP contribution < -0.4 is 4.57 Å². The van der Waals surface area contributed by atoms with Crippen LogP contribution in [0.15, 0.2) is 30.6 Å². The number of rotatable bonds is 4. The number of nitrogens with one attached hydrogen (secondary N) is 1. The maximum Gasteiger partial charge on any atom is 0.242 e. The number of hydrogen-bond acceptors (Lipinski definition) is 0. The molecule has 2 heteroatoms. The van der Waals surface area contributed by atoms with E-state index in [2.05, 4.69) is 47.1 Å². The largest absolute Gasteiger partial charge is 0.243 e. The Balaban J connectivity index is 2.17. The zero-order valence-electron chi connectivity index (χ0n) is 8.66. The standard InChI is InChI=1S/C12H16N2/c1-2-3-6-9-14-10-13-11-7-4-5-8-12(11)14/h4-5,7-8,10H,2-3,6,9H2,1H3/p+1. The minimum Gasteiger partial charge on any atom is -0.243 e. The quantitative estimate of drug-likeness (QED) is 0.563. The minimum absolute atomic E-state index is 1.12. The van der Waals surface area contributed by atoms with Gasteiger partial charge in [0.2, 0.25) is 6.33 Å². The number of H-pyrrole nitrogens is 1. The van der Waals surface area contributed by atoms with Crippen LogP contribution in [0.4, 0.5) is 0 Å². The van der Waals surface area contributed by atoms with Crippen LogP contribution in [0.1, 0.15) is 26.2 Å². The van der Waals surface area contributed by atoms with Gasteiger partial charge in [0.15, 0.2) is 11.0 Å². The molecule has 0 saturated carbocycles. The van der Waals surface area contributed by atoms with Gasteiger partial charge < -0.3 is 0 Å². The van der Waals surface area contributed by atoms with E-state index in [0.717, 1.165) is 6.54 Å². The Morgan fingerprint density at radius 1 is 1.21 bits per heavy atom. The summed E-state index contributed by atoms with van der Waals surface area (Å²) >= 11 is 0. The van der Waals surface area contributed by atoms with Crippen LogP contribution in [0.5, 0.6) is 0 Å². The van der Waals surface area contributed by atoms with E-state index in [4.69, 9.17) is 0 Å². The maximum atomic E-state index is 3.28. The third kappa shape index (κ3) is 1.79. The molecular weight excluding hydrogens is 172 g/mol. The predicted molar refractivity (Wildman–Crippen MR) is 58.0 cm³/mol. The van der Waals surface area contributed by atoms with Crippen molar-refractivity contribution < 1.29 is 4.57 Å². The predicted octanol–water partition coefficient (Wildman–Crippen LogP) is 2.65. The van der Waals surface area contributed by atoms with Crippen molar-refractivity contribution in [2.24, 2.45) is 0 Å². The molecule has 0 bridgehead atoms. The Hall–Kier alpha value is -1.31. The normalized spacial score (nSPS) is 10.9. The summed E-state index contributed by atoms with van der Waals surface area (Å²) in [5, 5.41) is 0. The lowest BCUT2D eigenvalue weighted by Gasteiger charge is -1.96. The van der Waals surface area contributed by atoms with Crippen LogP contribution in [0.3, 0.4) is 0 Å². The Bertz CT molecular complexity index is 403. The van der Waals surface area contributed by atoms with Gasteiger partial charge in [-0.3, -0.25) is 0 Å². The number of aryl methyl sites for hydroxylation is 1. The second-order valence-electron chi connectivity index (χ2n) is 3.69. The van der Waals surface area contributed by atoms with Gasteiger partial charge in [-0.2, -0.15) is 0 Å². The second-order valence-corrected chi connectivity index (χ2v) is 3.69. The number of imidazole rings is 1. The molecule has 0 aliphatic carbocycles. The van der Waals surface area contributed by atoms with Gasteiger partial charge in [-0.25, -0.2) is 9.55 Å². The molecule has 0 aliphatic heterocycles. The first kappa shape index (κ1) is 9.25. The Morgan fingerprint density at radius 2 is 2.07 bits per heavy atom. The third-order valence-electron chi connectivity index (χ3n) is 2.59. The summed E-state index contributed by atoms with van der Waals surface area (Å²) in [5.41, 5.74) is 2.53. The van der Waals surface area contributed by atoms with Gasteiger partial charge in [-0.15, -0.1) is 0 Å². The summed E-state index contributed by atoms with van der Waals surface area (Å²) in [4.78, 5) is 3.28. The van der Waals surface area contributed by atoms with Gasteiger partial charge in [0.05, 0.1) is 6.54 Å². The molecular formula is C12H17N2+. The Kier molecular flexibility index (Phi) is 2.82. The summed E-state index contributed by atoms with van der Waals surface area (Å²) in [5.74, 6) is 0. The number of unbranched alkanes of at least 4 members (excludes halogenated alkanes) is 2. The monoisotopic (exact) mass is 189 g/mol. The summed E-state index contributed by atoms with van der Waals surface area (Å²) in [6.45, 7) is 3.36. The van der Waals surface area contributed by atoms with Gasteiger partial charge in [0, 0.05) is 0 Å². The van der Waals surface area contributed by atoms with Crippen LogP contribution in [-0.2, 0) is 6.54 Å². The number of aromatic nitrogens is 2. The van der Waals surface area contributed by atoms with E-state index in [9.17, 15) is 0 Å². The first-order valence-electron chi connectivity index (χ1n) is 5.37. The number of nitrogens with zero attached hydrogens (tertiary/aromatic N) is 1. The van der Waals surface area contributed by atoms with E-state index in [-0.39, 0.29) is 0 Å². The van der Waals surface area contributed by atoms with Crippen molar-refractivity contribution in [1.82, 2.24) is 4.98 Å². The number of para-hydroxylation sites is 2. The van der Waals surface area contributed by atoms with Crippen molar-refractivity contribution in [3.8, 4) is 0 Å². The lowest BCUT2D eigenvalue weighted by Crippen LogP contribution is -2.31. The van der Waals surface area contributed by atoms with E-state index in [1.165, 1.54) is 30.3 Å². The van der Waals surface area contributed by atoms with Crippen LogP contribution in [0.2, 0.25) is 0 Å². The summed E-state index contributed by atoms with van der Waals surface area (Å²) in [6.07, 6.45) is 5.93. The van der Waals surface area contributed by atoms with E-state index in [0.29, 0.717) is 0 Å². The molecule has 0 atom stereocenters. The molecule has 0 amide bonds. The van der Waals surface area contributed by atoms with E-state index >= 15 is 0 Å². The average Bonchev–Trinajstić information content (AvgIpc) is 2.63. The molecule has 1 aromatic carbocycles. The first-order chi connectivity index (χ1) is 6.92. The van der Waals surface area contributed by atoms with Gasteiger partial charge in [-0.1, -0.05) is 25.5 Å². The van der Waals surface area contributed by atoms with Crippen LogP contribution in [0, 0.1) is 0 Å². The molecule has 2 aromatic rings. The highest BCUT2D eigenvalue weighted by molar-refractivity contribution is 5.70. The van der Waals surface area contributed by atoms with Gasteiger partial charge in [0.1, 0.15) is 0 Å². The Labute approximate surface area is 84.6 Å². The van der Waals surface area contributed by atoms with Crippen LogP contribution in [0.25, 0.3) is 11.0 Å². The number of benzene rings is 1. The molecule has 0 unspecified atom stereocenters. The molecule has 0 saturated heterocycles. The fourth-order valence-corrected chi connectivity index (χ4v) is 1.78. The molecule has 0 radical (unpaired) electrons. The lowest BCUT2D eigenvalue weighted by molar-refractivity contribution is -0.671. The minimum atomic E-state index is 1.12. The van der Waals surface area contributed by atoms with Gasteiger partial charge >= 0.3 is 0 Å².